The average molecular weight is 327 g/mol. The summed E-state index contributed by atoms with van der Waals surface area (Å²) in [5, 5.41) is 0. The number of nitrogens with zero attached hydrogens (tertiary/aromatic N) is 1. The molecule has 2 rings (SSSR count). The topological polar surface area (TPSA) is 99.3 Å². The van der Waals surface area contributed by atoms with E-state index in [0.717, 1.165) is 19.1 Å². The Morgan fingerprint density at radius 2 is 2.18 bits per heavy atom. The highest BCUT2D eigenvalue weighted by atomic mass is 32.2. The second-order valence-corrected chi connectivity index (χ2v) is 7.45. The number of likely N-dealkylation sites (tertiary alicyclic amines) is 1. The van der Waals surface area contributed by atoms with Crippen molar-refractivity contribution in [3.63, 3.8) is 0 Å². The molecule has 7 nitrogen and oxygen atoms in total. The van der Waals surface area contributed by atoms with Gasteiger partial charge in [0.05, 0.1) is 6.26 Å². The molecule has 1 aliphatic heterocycles. The lowest BCUT2D eigenvalue weighted by molar-refractivity contribution is 0.0783. The molecule has 1 aromatic rings. The van der Waals surface area contributed by atoms with Crippen LogP contribution in [0.15, 0.2) is 23.1 Å². The fraction of sp³-hybridized carbons (Fsp3) is 0.571. The van der Waals surface area contributed by atoms with Gasteiger partial charge in [0.1, 0.15) is 5.56 Å². The van der Waals surface area contributed by atoms with Crippen LogP contribution in [-0.2, 0) is 10.0 Å². The van der Waals surface area contributed by atoms with Crippen LogP contribution in [0.4, 0.5) is 0 Å². The van der Waals surface area contributed by atoms with E-state index in [9.17, 15) is 18.0 Å². The molecule has 1 fully saturated rings. The molecule has 1 amide bonds. The number of pyridine rings is 1. The molecule has 1 aromatic heterocycles. The Morgan fingerprint density at radius 3 is 2.77 bits per heavy atom. The fourth-order valence-corrected chi connectivity index (χ4v) is 3.69. The van der Waals surface area contributed by atoms with E-state index in [-0.39, 0.29) is 30.0 Å². The zero-order valence-electron chi connectivity index (χ0n) is 12.7. The SMILES string of the molecule is CCC[C@@H]1CN(C(=O)c2ccc[nH]c2=O)C[C@H]1NS(C)(=O)=O. The molecule has 0 radical (unpaired) electrons. The van der Waals surface area contributed by atoms with Gasteiger partial charge in [-0.1, -0.05) is 13.3 Å². The monoisotopic (exact) mass is 327 g/mol. The van der Waals surface area contributed by atoms with Crippen molar-refractivity contribution in [2.45, 2.75) is 25.8 Å². The number of nitrogens with one attached hydrogen (secondary N) is 2. The van der Waals surface area contributed by atoms with Crippen LogP contribution in [0.1, 0.15) is 30.1 Å². The van der Waals surface area contributed by atoms with Gasteiger partial charge < -0.3 is 9.88 Å². The van der Waals surface area contributed by atoms with Gasteiger partial charge in [-0.05, 0) is 24.5 Å². The summed E-state index contributed by atoms with van der Waals surface area (Å²) in [7, 11) is -3.34. The zero-order chi connectivity index (χ0) is 16.3. The number of aromatic nitrogens is 1. The third-order valence-electron chi connectivity index (χ3n) is 3.80. The van der Waals surface area contributed by atoms with E-state index < -0.39 is 15.6 Å². The maximum atomic E-state index is 12.5. The molecular weight excluding hydrogens is 306 g/mol. The van der Waals surface area contributed by atoms with E-state index in [4.69, 9.17) is 0 Å². The zero-order valence-corrected chi connectivity index (χ0v) is 13.5. The number of carbonyl (C=O) groups is 1. The predicted octanol–water partition coefficient (Wildman–Crippen LogP) is 0.165. The molecule has 0 bridgehead atoms. The highest BCUT2D eigenvalue weighted by molar-refractivity contribution is 7.88. The van der Waals surface area contributed by atoms with E-state index in [1.165, 1.54) is 12.3 Å². The van der Waals surface area contributed by atoms with Crippen LogP contribution in [0.2, 0.25) is 0 Å². The van der Waals surface area contributed by atoms with Gasteiger partial charge in [0.25, 0.3) is 11.5 Å². The molecule has 1 saturated heterocycles. The summed E-state index contributed by atoms with van der Waals surface area (Å²) in [5.41, 5.74) is -0.350. The highest BCUT2D eigenvalue weighted by Gasteiger charge is 2.36. The number of rotatable bonds is 5. The first-order valence-corrected chi connectivity index (χ1v) is 9.15. The predicted molar refractivity (Wildman–Crippen MR) is 83.1 cm³/mol. The van der Waals surface area contributed by atoms with E-state index in [0.29, 0.717) is 6.54 Å². The summed E-state index contributed by atoms with van der Waals surface area (Å²) in [4.78, 5) is 28.2. The molecule has 2 heterocycles. The Hall–Kier alpha value is -1.67. The van der Waals surface area contributed by atoms with Crippen molar-refractivity contribution in [2.24, 2.45) is 5.92 Å². The van der Waals surface area contributed by atoms with Crippen molar-refractivity contribution < 1.29 is 13.2 Å². The van der Waals surface area contributed by atoms with E-state index in [2.05, 4.69) is 9.71 Å². The van der Waals surface area contributed by atoms with Gasteiger partial charge in [0.15, 0.2) is 0 Å². The second-order valence-electron chi connectivity index (χ2n) is 5.67. The lowest BCUT2D eigenvalue weighted by atomic mass is 9.99. The van der Waals surface area contributed by atoms with Gasteiger partial charge in [0.2, 0.25) is 10.0 Å². The quantitative estimate of drug-likeness (QED) is 0.805. The van der Waals surface area contributed by atoms with Crippen molar-refractivity contribution in [3.8, 4) is 0 Å². The first-order valence-electron chi connectivity index (χ1n) is 7.26. The molecule has 2 N–H and O–H groups in total. The minimum Gasteiger partial charge on any atom is -0.337 e. The molecule has 122 valence electrons. The summed E-state index contributed by atoms with van der Waals surface area (Å²) in [6.45, 7) is 2.75. The largest absolute Gasteiger partial charge is 0.337 e. The molecule has 0 unspecified atom stereocenters. The van der Waals surface area contributed by atoms with Crippen molar-refractivity contribution >= 4 is 15.9 Å². The average Bonchev–Trinajstić information content (AvgIpc) is 2.80. The number of hydrogen-bond acceptors (Lipinski definition) is 4. The number of hydrogen-bond donors (Lipinski definition) is 2. The maximum absolute atomic E-state index is 12.5. The van der Waals surface area contributed by atoms with Crippen LogP contribution >= 0.6 is 0 Å². The Balaban J connectivity index is 2.18. The van der Waals surface area contributed by atoms with Crippen LogP contribution in [0.3, 0.4) is 0 Å². The fourth-order valence-electron chi connectivity index (χ4n) is 2.87. The Morgan fingerprint density at radius 1 is 1.45 bits per heavy atom. The molecular formula is C14H21N3O4S. The van der Waals surface area contributed by atoms with Gasteiger partial charge in [-0.3, -0.25) is 9.59 Å². The molecule has 2 atom stereocenters. The molecule has 0 spiro atoms. The van der Waals surface area contributed by atoms with E-state index in [1.54, 1.807) is 11.0 Å². The van der Waals surface area contributed by atoms with Gasteiger partial charge in [-0.15, -0.1) is 0 Å². The summed E-state index contributed by atoms with van der Waals surface area (Å²) in [5.74, 6) is -0.299. The first-order chi connectivity index (χ1) is 10.3. The van der Waals surface area contributed by atoms with Gasteiger partial charge in [0, 0.05) is 25.3 Å². The minimum atomic E-state index is -3.34. The summed E-state index contributed by atoms with van der Waals surface area (Å²) >= 11 is 0. The number of sulfonamides is 1. The van der Waals surface area contributed by atoms with Crippen molar-refractivity contribution in [2.75, 3.05) is 19.3 Å². The molecule has 1 aliphatic rings. The third-order valence-corrected chi connectivity index (χ3v) is 4.53. The molecule has 0 aromatic carbocycles. The van der Waals surface area contributed by atoms with Crippen LogP contribution in [0.25, 0.3) is 0 Å². The summed E-state index contributed by atoms with van der Waals surface area (Å²) in [6, 6.07) is 2.77. The summed E-state index contributed by atoms with van der Waals surface area (Å²) in [6.07, 6.45) is 4.31. The minimum absolute atomic E-state index is 0.0615. The van der Waals surface area contributed by atoms with Crippen LogP contribution < -0.4 is 10.3 Å². The Kier molecular flexibility index (Phi) is 5.02. The van der Waals surface area contributed by atoms with Gasteiger partial charge >= 0.3 is 0 Å². The lowest BCUT2D eigenvalue weighted by Gasteiger charge is -2.17. The van der Waals surface area contributed by atoms with Crippen LogP contribution in [0, 0.1) is 5.92 Å². The second kappa shape index (κ2) is 6.62. The third kappa shape index (κ3) is 3.95. The summed E-state index contributed by atoms with van der Waals surface area (Å²) < 4.78 is 25.5. The smallest absolute Gasteiger partial charge is 0.260 e. The van der Waals surface area contributed by atoms with Crippen molar-refractivity contribution in [1.29, 1.82) is 0 Å². The van der Waals surface area contributed by atoms with Crippen molar-refractivity contribution in [1.82, 2.24) is 14.6 Å². The Labute approximate surface area is 129 Å². The Bertz CT molecular complexity index is 698. The number of aromatic amines is 1. The lowest BCUT2D eigenvalue weighted by Crippen LogP contribution is -2.40. The molecule has 0 saturated carbocycles. The normalized spacial score (nSPS) is 22.0. The van der Waals surface area contributed by atoms with Crippen LogP contribution in [-0.4, -0.2) is 49.6 Å². The molecule has 0 aliphatic carbocycles. The van der Waals surface area contributed by atoms with E-state index >= 15 is 0 Å². The molecule has 22 heavy (non-hydrogen) atoms. The number of carbonyl (C=O) groups excluding carboxylic acids is 1. The van der Waals surface area contributed by atoms with Crippen molar-refractivity contribution in [3.05, 3.63) is 34.2 Å². The highest BCUT2D eigenvalue weighted by Crippen LogP contribution is 2.23. The standard InChI is InChI=1S/C14H21N3O4S/c1-3-5-10-8-17(9-12(10)16-22(2,20)21)14(19)11-6-4-7-15-13(11)18/h4,6-7,10,12,16H,3,5,8-9H2,1-2H3,(H,15,18)/t10-,12-/m1/s1. The van der Waals surface area contributed by atoms with E-state index in [1.807, 2.05) is 6.92 Å². The van der Waals surface area contributed by atoms with Gasteiger partial charge in [-0.2, -0.15) is 0 Å². The maximum Gasteiger partial charge on any atom is 0.260 e. The number of amides is 1. The molecule has 8 heteroatoms. The van der Waals surface area contributed by atoms with Gasteiger partial charge in [-0.25, -0.2) is 13.1 Å². The van der Waals surface area contributed by atoms with Crippen LogP contribution in [0.5, 0.6) is 0 Å². The first kappa shape index (κ1) is 16.7. The number of H-pyrrole nitrogens is 1.